The maximum atomic E-state index is 12.2. The number of likely N-dealkylation sites (tertiary alicyclic amines) is 1. The number of nitrogens with zero attached hydrogens (tertiary/aromatic N) is 3. The molecule has 2 N–H and O–H groups in total. The van der Waals surface area contributed by atoms with Crippen molar-refractivity contribution in [1.82, 2.24) is 14.8 Å². The highest BCUT2D eigenvalue weighted by Crippen LogP contribution is 2.17. The Bertz CT molecular complexity index is 457. The first-order chi connectivity index (χ1) is 10.6. The molecule has 0 saturated carbocycles. The molecule has 1 aliphatic rings. The zero-order valence-electron chi connectivity index (χ0n) is 13.7. The highest BCUT2D eigenvalue weighted by Gasteiger charge is 2.27. The topological polar surface area (TPSA) is 62.5 Å². The van der Waals surface area contributed by atoms with E-state index in [-0.39, 0.29) is 11.8 Å². The fourth-order valence-electron chi connectivity index (χ4n) is 2.98. The molecular formula is C17H28N4O. The molecule has 0 bridgehead atoms. The van der Waals surface area contributed by atoms with Crippen LogP contribution in [0.5, 0.6) is 0 Å². The van der Waals surface area contributed by atoms with E-state index in [1.165, 1.54) is 0 Å². The minimum absolute atomic E-state index is 0.0767. The van der Waals surface area contributed by atoms with E-state index >= 15 is 0 Å². The van der Waals surface area contributed by atoms with Crippen molar-refractivity contribution in [2.45, 2.75) is 32.2 Å². The number of aromatic nitrogens is 1. The second kappa shape index (κ2) is 8.25. The maximum Gasteiger partial charge on any atom is 0.226 e. The molecule has 2 heterocycles. The van der Waals surface area contributed by atoms with Crippen LogP contribution in [0.15, 0.2) is 24.4 Å². The summed E-state index contributed by atoms with van der Waals surface area (Å²) in [5.74, 6) is 0.0987. The minimum Gasteiger partial charge on any atom is -0.342 e. The molecule has 22 heavy (non-hydrogen) atoms. The number of hydrogen-bond donors (Lipinski definition) is 1. The second-order valence-electron chi connectivity index (χ2n) is 6.23. The lowest BCUT2D eigenvalue weighted by atomic mass is 10.0. The van der Waals surface area contributed by atoms with Gasteiger partial charge in [0, 0.05) is 63.5 Å². The van der Waals surface area contributed by atoms with Crippen molar-refractivity contribution in [1.29, 1.82) is 0 Å². The predicted molar refractivity (Wildman–Crippen MR) is 88.4 cm³/mol. The average molecular weight is 304 g/mol. The zero-order chi connectivity index (χ0) is 15.9. The Labute approximate surface area is 133 Å². The number of piperidine rings is 1. The average Bonchev–Trinajstić information content (AvgIpc) is 2.59. The van der Waals surface area contributed by atoms with Gasteiger partial charge < -0.3 is 15.5 Å². The second-order valence-corrected chi connectivity index (χ2v) is 6.23. The lowest BCUT2D eigenvalue weighted by Crippen LogP contribution is -2.48. The summed E-state index contributed by atoms with van der Waals surface area (Å²) in [4.78, 5) is 20.9. The SMILES string of the molecule is CC(CN)C(=O)N(C)C1CCN(CCc2ccccn2)CC1. The van der Waals surface area contributed by atoms with E-state index in [1.54, 1.807) is 0 Å². The van der Waals surface area contributed by atoms with Gasteiger partial charge in [0.2, 0.25) is 5.91 Å². The molecule has 122 valence electrons. The van der Waals surface area contributed by atoms with Gasteiger partial charge >= 0.3 is 0 Å². The Kier molecular flexibility index (Phi) is 6.34. The number of hydrogen-bond acceptors (Lipinski definition) is 4. The van der Waals surface area contributed by atoms with Crippen molar-refractivity contribution in [3.05, 3.63) is 30.1 Å². The summed E-state index contributed by atoms with van der Waals surface area (Å²) < 4.78 is 0. The smallest absolute Gasteiger partial charge is 0.226 e. The van der Waals surface area contributed by atoms with Gasteiger partial charge in [-0.05, 0) is 25.0 Å². The minimum atomic E-state index is -0.0767. The maximum absolute atomic E-state index is 12.2. The Morgan fingerprint density at radius 3 is 2.77 bits per heavy atom. The van der Waals surface area contributed by atoms with Crippen LogP contribution in [0.1, 0.15) is 25.5 Å². The molecule has 0 aromatic carbocycles. The molecule has 2 rings (SSSR count). The van der Waals surface area contributed by atoms with E-state index in [4.69, 9.17) is 5.73 Å². The molecule has 1 atom stereocenters. The first-order valence-corrected chi connectivity index (χ1v) is 8.20. The molecule has 1 aromatic heterocycles. The van der Waals surface area contributed by atoms with Crippen LogP contribution in [0.4, 0.5) is 0 Å². The normalized spacial score (nSPS) is 18.1. The third kappa shape index (κ3) is 4.52. The van der Waals surface area contributed by atoms with Crippen LogP contribution >= 0.6 is 0 Å². The summed E-state index contributed by atoms with van der Waals surface area (Å²) in [6, 6.07) is 6.42. The van der Waals surface area contributed by atoms with E-state index in [2.05, 4.69) is 16.0 Å². The van der Waals surface area contributed by atoms with Gasteiger partial charge in [0.05, 0.1) is 0 Å². The standard InChI is InChI=1S/C17H28N4O/c1-14(13-18)17(22)20(2)16-7-11-21(12-8-16)10-6-15-5-3-4-9-19-15/h3-5,9,14,16H,6-8,10-13,18H2,1-2H3. The molecule has 1 aromatic rings. The molecule has 1 unspecified atom stereocenters. The number of carbonyl (C=O) groups is 1. The number of nitrogens with two attached hydrogens (primary N) is 1. The van der Waals surface area contributed by atoms with E-state index in [0.29, 0.717) is 12.6 Å². The third-order valence-corrected chi connectivity index (χ3v) is 4.64. The first-order valence-electron chi connectivity index (χ1n) is 8.20. The van der Waals surface area contributed by atoms with Crippen LogP contribution in [-0.4, -0.2) is 60.0 Å². The molecular weight excluding hydrogens is 276 g/mol. The van der Waals surface area contributed by atoms with Gasteiger partial charge in [-0.1, -0.05) is 13.0 Å². The molecule has 5 heteroatoms. The number of rotatable bonds is 6. The zero-order valence-corrected chi connectivity index (χ0v) is 13.7. The molecule has 1 amide bonds. The van der Waals surface area contributed by atoms with E-state index in [9.17, 15) is 4.79 Å². The molecule has 1 saturated heterocycles. The van der Waals surface area contributed by atoms with Gasteiger partial charge in [-0.15, -0.1) is 0 Å². The molecule has 1 fully saturated rings. The summed E-state index contributed by atoms with van der Waals surface area (Å²) in [7, 11) is 1.92. The number of carbonyl (C=O) groups excluding carboxylic acids is 1. The summed E-state index contributed by atoms with van der Waals surface area (Å²) >= 11 is 0. The Morgan fingerprint density at radius 1 is 1.45 bits per heavy atom. The molecule has 1 aliphatic heterocycles. The summed E-state index contributed by atoms with van der Waals surface area (Å²) in [5, 5.41) is 0. The van der Waals surface area contributed by atoms with Gasteiger partial charge in [-0.2, -0.15) is 0 Å². The van der Waals surface area contributed by atoms with Gasteiger partial charge in [-0.25, -0.2) is 0 Å². The Balaban J connectivity index is 1.74. The van der Waals surface area contributed by atoms with Crippen LogP contribution < -0.4 is 5.73 Å². The lowest BCUT2D eigenvalue weighted by Gasteiger charge is -2.37. The highest BCUT2D eigenvalue weighted by atomic mass is 16.2. The fourth-order valence-corrected chi connectivity index (χ4v) is 2.98. The molecule has 0 spiro atoms. The van der Waals surface area contributed by atoms with E-state index in [1.807, 2.05) is 37.2 Å². The first kappa shape index (κ1) is 16.9. The fraction of sp³-hybridized carbons (Fsp3) is 0.647. The van der Waals surface area contributed by atoms with Crippen molar-refractivity contribution >= 4 is 5.91 Å². The van der Waals surface area contributed by atoms with Gasteiger partial charge in [-0.3, -0.25) is 9.78 Å². The summed E-state index contributed by atoms with van der Waals surface area (Å²) in [5.41, 5.74) is 6.74. The van der Waals surface area contributed by atoms with Crippen molar-refractivity contribution in [3.63, 3.8) is 0 Å². The van der Waals surface area contributed by atoms with Crippen LogP contribution in [0.3, 0.4) is 0 Å². The van der Waals surface area contributed by atoms with Crippen molar-refractivity contribution in [2.24, 2.45) is 11.7 Å². The van der Waals surface area contributed by atoms with Gasteiger partial charge in [0.15, 0.2) is 0 Å². The molecule has 0 radical (unpaired) electrons. The molecule has 0 aliphatic carbocycles. The van der Waals surface area contributed by atoms with E-state index < -0.39 is 0 Å². The third-order valence-electron chi connectivity index (χ3n) is 4.64. The van der Waals surface area contributed by atoms with Crippen LogP contribution in [-0.2, 0) is 11.2 Å². The largest absolute Gasteiger partial charge is 0.342 e. The van der Waals surface area contributed by atoms with Crippen LogP contribution in [0.2, 0.25) is 0 Å². The lowest BCUT2D eigenvalue weighted by molar-refractivity contribution is -0.136. The number of pyridine rings is 1. The summed E-state index contributed by atoms with van der Waals surface area (Å²) in [6.45, 7) is 5.46. The van der Waals surface area contributed by atoms with Gasteiger partial charge in [0.25, 0.3) is 0 Å². The molecule has 5 nitrogen and oxygen atoms in total. The van der Waals surface area contributed by atoms with Crippen molar-refractivity contribution in [2.75, 3.05) is 33.2 Å². The Morgan fingerprint density at radius 2 is 2.18 bits per heavy atom. The van der Waals surface area contributed by atoms with Crippen LogP contribution in [0.25, 0.3) is 0 Å². The Hall–Kier alpha value is -1.46. The van der Waals surface area contributed by atoms with Gasteiger partial charge in [0.1, 0.15) is 0 Å². The number of amides is 1. The predicted octanol–water partition coefficient (Wildman–Crippen LogP) is 1.14. The monoisotopic (exact) mass is 304 g/mol. The summed E-state index contributed by atoms with van der Waals surface area (Å²) in [6.07, 6.45) is 4.93. The highest BCUT2D eigenvalue weighted by molar-refractivity contribution is 5.78. The van der Waals surface area contributed by atoms with Crippen molar-refractivity contribution in [3.8, 4) is 0 Å². The van der Waals surface area contributed by atoms with Crippen LogP contribution in [0, 0.1) is 5.92 Å². The van der Waals surface area contributed by atoms with Crippen molar-refractivity contribution < 1.29 is 4.79 Å². The quantitative estimate of drug-likeness (QED) is 0.856. The van der Waals surface area contributed by atoms with E-state index in [0.717, 1.165) is 44.6 Å².